The zero-order chi connectivity index (χ0) is 18.7. The molecule has 26 heavy (non-hydrogen) atoms. The molecule has 0 saturated carbocycles. The number of halogens is 1. The lowest BCUT2D eigenvalue weighted by Crippen LogP contribution is -2.20. The molecule has 4 nitrogen and oxygen atoms in total. The van der Waals surface area contributed by atoms with Crippen LogP contribution in [0, 0.1) is 19.7 Å². The predicted octanol–water partition coefficient (Wildman–Crippen LogP) is 3.78. The standard InChI is InChI=1S/C20H21FN2O2S/c1-13-7-8-15(14(2)11-13)12-18(24)22-20-23(9-10-25-3)19-16(21)5-4-6-17(19)26-20/h4-8,11H,9-10,12H2,1-3H3. The number of thiazole rings is 1. The van der Waals surface area contributed by atoms with Crippen LogP contribution in [-0.4, -0.2) is 24.2 Å². The maximum absolute atomic E-state index is 14.3. The van der Waals surface area contributed by atoms with Gasteiger partial charge in [0.1, 0.15) is 5.82 Å². The summed E-state index contributed by atoms with van der Waals surface area (Å²) in [7, 11) is 1.59. The number of carbonyl (C=O) groups excluding carboxylic acids is 1. The fraction of sp³-hybridized carbons (Fsp3) is 0.300. The summed E-state index contributed by atoms with van der Waals surface area (Å²) in [5.74, 6) is -0.562. The Morgan fingerprint density at radius 2 is 2.08 bits per heavy atom. The van der Waals surface area contributed by atoms with Crippen molar-refractivity contribution in [2.24, 2.45) is 4.99 Å². The summed E-state index contributed by atoms with van der Waals surface area (Å²) in [5.41, 5.74) is 3.66. The van der Waals surface area contributed by atoms with E-state index in [-0.39, 0.29) is 18.1 Å². The normalized spacial score (nSPS) is 12.1. The molecule has 6 heteroatoms. The molecule has 3 rings (SSSR count). The molecule has 2 aromatic carbocycles. The first kappa shape index (κ1) is 18.5. The van der Waals surface area contributed by atoms with Gasteiger partial charge in [-0.3, -0.25) is 4.79 Å². The Morgan fingerprint density at radius 1 is 1.27 bits per heavy atom. The molecule has 1 heterocycles. The molecule has 0 radical (unpaired) electrons. The van der Waals surface area contributed by atoms with E-state index in [9.17, 15) is 9.18 Å². The maximum atomic E-state index is 14.3. The van der Waals surface area contributed by atoms with E-state index < -0.39 is 0 Å². The fourth-order valence-electron chi connectivity index (χ4n) is 2.92. The van der Waals surface area contributed by atoms with E-state index in [1.807, 2.05) is 32.0 Å². The Bertz CT molecular complexity index is 1020. The summed E-state index contributed by atoms with van der Waals surface area (Å²) >= 11 is 1.31. The summed E-state index contributed by atoms with van der Waals surface area (Å²) in [6, 6.07) is 10.9. The molecule has 0 saturated heterocycles. The molecule has 0 spiro atoms. The molecule has 0 fully saturated rings. The molecule has 0 N–H and O–H groups in total. The van der Waals surface area contributed by atoms with E-state index >= 15 is 0 Å². The highest BCUT2D eigenvalue weighted by Gasteiger charge is 2.12. The monoisotopic (exact) mass is 372 g/mol. The van der Waals surface area contributed by atoms with Crippen LogP contribution in [-0.2, 0) is 22.5 Å². The van der Waals surface area contributed by atoms with Crippen LogP contribution >= 0.6 is 11.3 Å². The Hall–Kier alpha value is -2.31. The third kappa shape index (κ3) is 3.92. The number of rotatable bonds is 5. The molecule has 0 atom stereocenters. The Kier molecular flexibility index (Phi) is 5.64. The summed E-state index contributed by atoms with van der Waals surface area (Å²) in [4.78, 5) is 17.3. The van der Waals surface area contributed by atoms with Crippen LogP contribution in [0.5, 0.6) is 0 Å². The number of carbonyl (C=O) groups is 1. The predicted molar refractivity (Wildman–Crippen MR) is 102 cm³/mol. The summed E-state index contributed by atoms with van der Waals surface area (Å²) in [5, 5.41) is 0. The number of hydrogen-bond acceptors (Lipinski definition) is 3. The topological polar surface area (TPSA) is 43.6 Å². The van der Waals surface area contributed by atoms with Gasteiger partial charge in [-0.15, -0.1) is 0 Å². The minimum Gasteiger partial charge on any atom is -0.383 e. The molecular weight excluding hydrogens is 351 g/mol. The molecule has 0 unspecified atom stereocenters. The van der Waals surface area contributed by atoms with Crippen LogP contribution in [0.25, 0.3) is 10.2 Å². The molecule has 0 aliphatic carbocycles. The molecular formula is C20H21FN2O2S. The number of aryl methyl sites for hydroxylation is 2. The van der Waals surface area contributed by atoms with E-state index in [2.05, 4.69) is 11.1 Å². The van der Waals surface area contributed by atoms with Gasteiger partial charge in [-0.1, -0.05) is 41.2 Å². The zero-order valence-electron chi connectivity index (χ0n) is 15.1. The molecule has 136 valence electrons. The Labute approximate surface area is 155 Å². The number of methoxy groups -OCH3 is 1. The van der Waals surface area contributed by atoms with Crippen LogP contribution in [0.15, 0.2) is 41.4 Å². The van der Waals surface area contributed by atoms with Crippen LogP contribution in [0.2, 0.25) is 0 Å². The van der Waals surface area contributed by atoms with Gasteiger partial charge < -0.3 is 9.30 Å². The Morgan fingerprint density at radius 3 is 2.81 bits per heavy atom. The highest BCUT2D eigenvalue weighted by atomic mass is 32.1. The average molecular weight is 372 g/mol. The number of hydrogen-bond donors (Lipinski definition) is 0. The second kappa shape index (κ2) is 7.93. The van der Waals surface area contributed by atoms with Crippen LogP contribution in [0.4, 0.5) is 4.39 Å². The number of fused-ring (bicyclic) bond motifs is 1. The zero-order valence-corrected chi connectivity index (χ0v) is 15.9. The second-order valence-electron chi connectivity index (χ2n) is 6.23. The highest BCUT2D eigenvalue weighted by molar-refractivity contribution is 7.16. The van der Waals surface area contributed by atoms with Gasteiger partial charge in [0.15, 0.2) is 4.80 Å². The van der Waals surface area contributed by atoms with Gasteiger partial charge in [0.05, 0.1) is 23.2 Å². The molecule has 1 amide bonds. The highest BCUT2D eigenvalue weighted by Crippen LogP contribution is 2.20. The van der Waals surface area contributed by atoms with Crippen molar-refractivity contribution >= 4 is 27.5 Å². The van der Waals surface area contributed by atoms with Gasteiger partial charge >= 0.3 is 0 Å². The number of nitrogens with zero attached hydrogens (tertiary/aromatic N) is 2. The van der Waals surface area contributed by atoms with E-state index in [0.717, 1.165) is 21.4 Å². The third-order valence-electron chi connectivity index (χ3n) is 4.23. The minimum atomic E-state index is -0.321. The van der Waals surface area contributed by atoms with Crippen LogP contribution in [0.3, 0.4) is 0 Å². The van der Waals surface area contributed by atoms with Crippen molar-refractivity contribution in [1.29, 1.82) is 0 Å². The lowest BCUT2D eigenvalue weighted by Gasteiger charge is -2.06. The number of amides is 1. The quantitative estimate of drug-likeness (QED) is 0.684. The summed E-state index contributed by atoms with van der Waals surface area (Å²) < 4.78 is 21.9. The van der Waals surface area contributed by atoms with Crippen LogP contribution in [0.1, 0.15) is 16.7 Å². The summed E-state index contributed by atoms with van der Waals surface area (Å²) in [6.07, 6.45) is 0.229. The first-order valence-corrected chi connectivity index (χ1v) is 9.21. The first-order valence-electron chi connectivity index (χ1n) is 8.40. The van der Waals surface area contributed by atoms with Crippen molar-refractivity contribution in [2.75, 3.05) is 13.7 Å². The molecule has 3 aromatic rings. The second-order valence-corrected chi connectivity index (χ2v) is 7.24. The van der Waals surface area contributed by atoms with Crippen molar-refractivity contribution in [3.63, 3.8) is 0 Å². The van der Waals surface area contributed by atoms with Crippen molar-refractivity contribution in [2.45, 2.75) is 26.8 Å². The van der Waals surface area contributed by atoms with Gasteiger partial charge in [0.2, 0.25) is 0 Å². The van der Waals surface area contributed by atoms with Crippen molar-refractivity contribution in [3.8, 4) is 0 Å². The molecule has 1 aromatic heterocycles. The van der Waals surface area contributed by atoms with Crippen molar-refractivity contribution in [3.05, 3.63) is 63.7 Å². The van der Waals surface area contributed by atoms with E-state index in [1.54, 1.807) is 17.7 Å². The van der Waals surface area contributed by atoms with Crippen LogP contribution < -0.4 is 4.80 Å². The SMILES string of the molecule is COCCn1c(=NC(=O)Cc2ccc(C)cc2C)sc2cccc(F)c21. The van der Waals surface area contributed by atoms with Gasteiger partial charge in [-0.05, 0) is 37.1 Å². The van der Waals surface area contributed by atoms with E-state index in [4.69, 9.17) is 4.74 Å². The fourth-order valence-corrected chi connectivity index (χ4v) is 4.00. The average Bonchev–Trinajstić information content (AvgIpc) is 2.94. The van der Waals surface area contributed by atoms with Crippen molar-refractivity contribution < 1.29 is 13.9 Å². The smallest absolute Gasteiger partial charge is 0.252 e. The third-order valence-corrected chi connectivity index (χ3v) is 5.27. The van der Waals surface area contributed by atoms with Gasteiger partial charge in [0, 0.05) is 13.7 Å². The molecule has 0 bridgehead atoms. The minimum absolute atomic E-state index is 0.229. The lowest BCUT2D eigenvalue weighted by molar-refractivity contribution is -0.117. The molecule has 0 aliphatic rings. The van der Waals surface area contributed by atoms with Gasteiger partial charge in [-0.2, -0.15) is 4.99 Å². The lowest BCUT2D eigenvalue weighted by atomic mass is 10.0. The van der Waals surface area contributed by atoms with Gasteiger partial charge in [-0.25, -0.2) is 4.39 Å². The Balaban J connectivity index is 2.00. The van der Waals surface area contributed by atoms with Crippen molar-refractivity contribution in [1.82, 2.24) is 4.57 Å². The summed E-state index contributed by atoms with van der Waals surface area (Å²) in [6.45, 7) is 4.86. The number of aromatic nitrogens is 1. The maximum Gasteiger partial charge on any atom is 0.252 e. The number of benzene rings is 2. The molecule has 0 aliphatic heterocycles. The van der Waals surface area contributed by atoms with E-state index in [0.29, 0.717) is 23.5 Å². The number of ether oxygens (including phenoxy) is 1. The number of para-hydroxylation sites is 1. The van der Waals surface area contributed by atoms with Gasteiger partial charge in [0.25, 0.3) is 5.91 Å². The van der Waals surface area contributed by atoms with E-state index in [1.165, 1.54) is 17.4 Å². The first-order chi connectivity index (χ1) is 12.5. The largest absolute Gasteiger partial charge is 0.383 e.